The number of sulfonamides is 1. The van der Waals surface area contributed by atoms with E-state index in [4.69, 9.17) is 4.74 Å². The maximum absolute atomic E-state index is 12.4. The molecule has 1 atom stereocenters. The molecule has 1 saturated heterocycles. The van der Waals surface area contributed by atoms with E-state index in [0.717, 1.165) is 0 Å². The zero-order valence-electron chi connectivity index (χ0n) is 9.12. The molecule has 0 saturated carbocycles. The lowest BCUT2D eigenvalue weighted by Gasteiger charge is -2.33. The van der Waals surface area contributed by atoms with Crippen molar-refractivity contribution in [1.82, 2.24) is 9.29 Å². The molecule has 0 bridgehead atoms. The lowest BCUT2D eigenvalue weighted by atomic mass is 10.3. The van der Waals surface area contributed by atoms with Crippen LogP contribution < -0.4 is 0 Å². The van der Waals surface area contributed by atoms with Crippen LogP contribution in [0.5, 0.6) is 0 Å². The highest BCUT2D eigenvalue weighted by Gasteiger charge is 2.33. The molecule has 1 fully saturated rings. The quantitative estimate of drug-likeness (QED) is 0.775. The van der Waals surface area contributed by atoms with Crippen molar-refractivity contribution in [2.45, 2.75) is 10.9 Å². The number of halogens is 1. The summed E-state index contributed by atoms with van der Waals surface area (Å²) in [6, 6.07) is 3.02. The Kier molecular flexibility index (Phi) is 4.13. The molecule has 2 heterocycles. The van der Waals surface area contributed by atoms with Gasteiger partial charge in [0.2, 0.25) is 10.0 Å². The Balaban J connectivity index is 2.31. The van der Waals surface area contributed by atoms with Gasteiger partial charge in [0, 0.05) is 24.3 Å². The van der Waals surface area contributed by atoms with Crippen molar-refractivity contribution >= 4 is 26.0 Å². The SMILES string of the molecule is O=S(=O)(c1cccnc1)N1CCOCC1CBr. The van der Waals surface area contributed by atoms with Crippen LogP contribution in [0, 0.1) is 0 Å². The lowest BCUT2D eigenvalue weighted by molar-refractivity contribution is 0.0413. The second-order valence-corrected chi connectivity index (χ2v) is 6.23. The standard InChI is InChI=1S/C10H13BrN2O3S/c11-6-9-8-16-5-4-13(9)17(14,15)10-2-1-3-12-7-10/h1-3,7,9H,4-6,8H2. The van der Waals surface area contributed by atoms with Crippen LogP contribution in [0.4, 0.5) is 0 Å². The third-order valence-electron chi connectivity index (χ3n) is 2.59. The second kappa shape index (κ2) is 5.43. The van der Waals surface area contributed by atoms with Gasteiger partial charge in [0.05, 0.1) is 19.3 Å². The van der Waals surface area contributed by atoms with E-state index in [2.05, 4.69) is 20.9 Å². The van der Waals surface area contributed by atoms with Crippen molar-refractivity contribution in [2.75, 3.05) is 25.1 Å². The molecule has 1 aliphatic rings. The van der Waals surface area contributed by atoms with Gasteiger partial charge in [-0.25, -0.2) is 8.42 Å². The van der Waals surface area contributed by atoms with Crippen LogP contribution in [0.2, 0.25) is 0 Å². The molecule has 0 spiro atoms. The van der Waals surface area contributed by atoms with Crippen LogP contribution in [0.15, 0.2) is 29.4 Å². The number of alkyl halides is 1. The Morgan fingerprint density at radius 2 is 2.41 bits per heavy atom. The van der Waals surface area contributed by atoms with Gasteiger partial charge in [-0.05, 0) is 12.1 Å². The van der Waals surface area contributed by atoms with Crippen molar-refractivity contribution < 1.29 is 13.2 Å². The summed E-state index contributed by atoms with van der Waals surface area (Å²) < 4.78 is 31.5. The zero-order valence-corrected chi connectivity index (χ0v) is 11.5. The first-order valence-electron chi connectivity index (χ1n) is 5.22. The van der Waals surface area contributed by atoms with Crippen molar-refractivity contribution in [2.24, 2.45) is 0 Å². The molecule has 0 aliphatic carbocycles. The number of aromatic nitrogens is 1. The van der Waals surface area contributed by atoms with Crippen LogP contribution >= 0.6 is 15.9 Å². The molecule has 1 unspecified atom stereocenters. The molecular weight excluding hydrogens is 308 g/mol. The molecule has 7 heteroatoms. The average Bonchev–Trinajstić information content (AvgIpc) is 2.39. The third-order valence-corrected chi connectivity index (χ3v) is 5.28. The fourth-order valence-corrected chi connectivity index (χ4v) is 4.00. The van der Waals surface area contributed by atoms with Gasteiger partial charge < -0.3 is 4.74 Å². The molecule has 0 N–H and O–H groups in total. The lowest BCUT2D eigenvalue weighted by Crippen LogP contribution is -2.49. The normalized spacial score (nSPS) is 22.5. The van der Waals surface area contributed by atoms with E-state index in [-0.39, 0.29) is 10.9 Å². The summed E-state index contributed by atoms with van der Waals surface area (Å²) in [4.78, 5) is 4.08. The highest BCUT2D eigenvalue weighted by Crippen LogP contribution is 2.20. The summed E-state index contributed by atoms with van der Waals surface area (Å²) in [6.07, 6.45) is 2.93. The number of ether oxygens (including phenoxy) is 1. The van der Waals surface area contributed by atoms with E-state index < -0.39 is 10.0 Å². The minimum Gasteiger partial charge on any atom is -0.378 e. The first-order valence-corrected chi connectivity index (χ1v) is 7.78. The average molecular weight is 321 g/mol. The van der Waals surface area contributed by atoms with Crippen LogP contribution in [0.3, 0.4) is 0 Å². The van der Waals surface area contributed by atoms with Crippen molar-refractivity contribution in [3.8, 4) is 0 Å². The zero-order chi connectivity index (χ0) is 12.3. The Morgan fingerprint density at radius 3 is 3.06 bits per heavy atom. The summed E-state index contributed by atoms with van der Waals surface area (Å²) >= 11 is 3.31. The first-order chi connectivity index (χ1) is 8.16. The molecule has 17 heavy (non-hydrogen) atoms. The molecule has 2 rings (SSSR count). The summed E-state index contributed by atoms with van der Waals surface area (Å²) in [5, 5.41) is 0.562. The topological polar surface area (TPSA) is 59.5 Å². The van der Waals surface area contributed by atoms with Gasteiger partial charge in [-0.1, -0.05) is 15.9 Å². The largest absolute Gasteiger partial charge is 0.378 e. The predicted molar refractivity (Wildman–Crippen MR) is 66.5 cm³/mol. The van der Waals surface area contributed by atoms with Gasteiger partial charge >= 0.3 is 0 Å². The predicted octanol–water partition coefficient (Wildman–Crippen LogP) is 0.866. The van der Waals surface area contributed by atoms with Crippen LogP contribution in [0.1, 0.15) is 0 Å². The van der Waals surface area contributed by atoms with Crippen LogP contribution in [0.25, 0.3) is 0 Å². The Hall–Kier alpha value is -0.500. The molecule has 1 aromatic rings. The molecule has 0 amide bonds. The van der Waals surface area contributed by atoms with Gasteiger partial charge in [0.15, 0.2) is 0 Å². The molecule has 5 nitrogen and oxygen atoms in total. The van der Waals surface area contributed by atoms with E-state index >= 15 is 0 Å². The monoisotopic (exact) mass is 320 g/mol. The Bertz CT molecular complexity index is 466. The van der Waals surface area contributed by atoms with Crippen LogP contribution in [-0.2, 0) is 14.8 Å². The molecule has 0 radical (unpaired) electrons. The molecule has 1 aromatic heterocycles. The molecule has 0 aromatic carbocycles. The number of hydrogen-bond acceptors (Lipinski definition) is 4. The second-order valence-electron chi connectivity index (χ2n) is 3.69. The van der Waals surface area contributed by atoms with Crippen LogP contribution in [-0.4, -0.2) is 48.8 Å². The van der Waals surface area contributed by atoms with Gasteiger partial charge in [-0.2, -0.15) is 4.31 Å². The fourth-order valence-electron chi connectivity index (χ4n) is 1.71. The summed E-state index contributed by atoms with van der Waals surface area (Å²) in [5.74, 6) is 0. The summed E-state index contributed by atoms with van der Waals surface area (Å²) in [7, 11) is -3.46. The van der Waals surface area contributed by atoms with Gasteiger partial charge in [0.25, 0.3) is 0 Å². The highest BCUT2D eigenvalue weighted by atomic mass is 79.9. The van der Waals surface area contributed by atoms with Gasteiger partial charge in [0.1, 0.15) is 4.90 Å². The molecule has 1 aliphatic heterocycles. The van der Waals surface area contributed by atoms with E-state index in [1.165, 1.54) is 10.5 Å². The first kappa shape index (κ1) is 12.9. The van der Waals surface area contributed by atoms with E-state index in [9.17, 15) is 8.42 Å². The Morgan fingerprint density at radius 1 is 1.59 bits per heavy atom. The Labute approximate surface area is 109 Å². The fraction of sp³-hybridized carbons (Fsp3) is 0.500. The van der Waals surface area contributed by atoms with E-state index in [1.54, 1.807) is 18.3 Å². The highest BCUT2D eigenvalue weighted by molar-refractivity contribution is 9.09. The molecule has 94 valence electrons. The summed E-state index contributed by atoms with van der Waals surface area (Å²) in [6.45, 7) is 1.24. The van der Waals surface area contributed by atoms with Crippen molar-refractivity contribution in [1.29, 1.82) is 0 Å². The summed E-state index contributed by atoms with van der Waals surface area (Å²) in [5.41, 5.74) is 0. The number of nitrogens with zero attached hydrogens (tertiary/aromatic N) is 2. The maximum Gasteiger partial charge on any atom is 0.245 e. The molecular formula is C10H13BrN2O3S. The van der Waals surface area contributed by atoms with Crippen molar-refractivity contribution in [3.05, 3.63) is 24.5 Å². The minimum absolute atomic E-state index is 0.158. The number of morpholine rings is 1. The van der Waals surface area contributed by atoms with Crippen molar-refractivity contribution in [3.63, 3.8) is 0 Å². The number of rotatable bonds is 3. The number of hydrogen-bond donors (Lipinski definition) is 0. The smallest absolute Gasteiger partial charge is 0.245 e. The van der Waals surface area contributed by atoms with E-state index in [0.29, 0.717) is 25.1 Å². The van der Waals surface area contributed by atoms with E-state index in [1.807, 2.05) is 0 Å². The third kappa shape index (κ3) is 2.67. The maximum atomic E-state index is 12.4. The minimum atomic E-state index is -3.46. The van der Waals surface area contributed by atoms with Gasteiger partial charge in [-0.3, -0.25) is 4.98 Å². The van der Waals surface area contributed by atoms with Gasteiger partial charge in [-0.15, -0.1) is 0 Å². The number of pyridine rings is 1.